The average Bonchev–Trinajstić information content (AvgIpc) is 3.05. The molecule has 7 heteroatoms. The molecule has 1 fully saturated rings. The van der Waals surface area contributed by atoms with Gasteiger partial charge in [0.2, 0.25) is 5.91 Å². The maximum atomic E-state index is 13.0. The average molecular weight is 361 g/mol. The molecule has 0 aliphatic carbocycles. The summed E-state index contributed by atoms with van der Waals surface area (Å²) in [6, 6.07) is 5.51. The van der Waals surface area contributed by atoms with E-state index in [2.05, 4.69) is 10.3 Å². The molecule has 1 aliphatic heterocycles. The van der Waals surface area contributed by atoms with Gasteiger partial charge in [-0.05, 0) is 44.0 Å². The number of carbonyl (C=O) groups is 2. The lowest BCUT2D eigenvalue weighted by Crippen LogP contribution is -2.45. The Labute approximate surface area is 149 Å². The van der Waals surface area contributed by atoms with Crippen LogP contribution in [0.2, 0.25) is 0 Å². The number of rotatable bonds is 4. The number of halogens is 1. The third-order valence-corrected chi connectivity index (χ3v) is 5.22. The number of benzene rings is 1. The lowest BCUT2D eigenvalue weighted by molar-refractivity contribution is -0.126. The molecule has 0 bridgehead atoms. The van der Waals surface area contributed by atoms with Gasteiger partial charge in [0.25, 0.3) is 5.91 Å². The second kappa shape index (κ2) is 7.74. The number of piperidine rings is 1. The molecule has 2 heterocycles. The van der Waals surface area contributed by atoms with Crippen LogP contribution in [0, 0.1) is 18.7 Å². The highest BCUT2D eigenvalue weighted by Gasteiger charge is 2.28. The van der Waals surface area contributed by atoms with Crippen LogP contribution in [0.15, 0.2) is 29.6 Å². The highest BCUT2D eigenvalue weighted by Crippen LogP contribution is 2.19. The van der Waals surface area contributed by atoms with Crippen molar-refractivity contribution in [2.75, 3.05) is 13.1 Å². The van der Waals surface area contributed by atoms with E-state index in [0.717, 1.165) is 23.5 Å². The number of hydrogen-bond donors (Lipinski definition) is 1. The molecule has 3 rings (SSSR count). The molecular weight excluding hydrogens is 341 g/mol. The molecule has 2 amide bonds. The van der Waals surface area contributed by atoms with Gasteiger partial charge in [-0.2, -0.15) is 0 Å². The van der Waals surface area contributed by atoms with Crippen LogP contribution in [-0.4, -0.2) is 34.8 Å². The maximum Gasteiger partial charge on any atom is 0.253 e. The molecular formula is C18H20FN3O2S. The standard InChI is InChI=1S/C18H20FN3O2S/c1-12-11-25-16(21-12)9-20-17(23)14-3-2-8-22(10-14)18(24)13-4-6-15(19)7-5-13/h4-7,11,14H,2-3,8-10H2,1H3,(H,20,23)/t14-/m1/s1. The normalized spacial score (nSPS) is 17.4. The highest BCUT2D eigenvalue weighted by atomic mass is 32.1. The van der Waals surface area contributed by atoms with Crippen LogP contribution >= 0.6 is 11.3 Å². The summed E-state index contributed by atoms with van der Waals surface area (Å²) in [6.45, 7) is 3.34. The summed E-state index contributed by atoms with van der Waals surface area (Å²) < 4.78 is 13.0. The van der Waals surface area contributed by atoms with Crippen LogP contribution in [0.4, 0.5) is 4.39 Å². The van der Waals surface area contributed by atoms with Gasteiger partial charge in [0, 0.05) is 29.7 Å². The van der Waals surface area contributed by atoms with Gasteiger partial charge in [-0.1, -0.05) is 0 Å². The molecule has 1 N–H and O–H groups in total. The summed E-state index contributed by atoms with van der Waals surface area (Å²) in [7, 11) is 0. The lowest BCUT2D eigenvalue weighted by Gasteiger charge is -2.32. The van der Waals surface area contributed by atoms with Crippen LogP contribution in [0.25, 0.3) is 0 Å². The third kappa shape index (κ3) is 4.42. The van der Waals surface area contributed by atoms with E-state index in [0.29, 0.717) is 25.2 Å². The topological polar surface area (TPSA) is 62.3 Å². The van der Waals surface area contributed by atoms with Crippen LogP contribution in [0.5, 0.6) is 0 Å². The van der Waals surface area contributed by atoms with Crippen molar-refractivity contribution in [2.45, 2.75) is 26.3 Å². The molecule has 0 unspecified atom stereocenters. The molecule has 0 saturated carbocycles. The summed E-state index contributed by atoms with van der Waals surface area (Å²) in [6.07, 6.45) is 1.54. The largest absolute Gasteiger partial charge is 0.349 e. The maximum absolute atomic E-state index is 13.0. The summed E-state index contributed by atoms with van der Waals surface area (Å²) in [5, 5.41) is 5.74. The lowest BCUT2D eigenvalue weighted by atomic mass is 9.96. The van der Waals surface area contributed by atoms with Crippen molar-refractivity contribution in [3.05, 3.63) is 51.7 Å². The Balaban J connectivity index is 1.57. The Morgan fingerprint density at radius 3 is 2.80 bits per heavy atom. The van der Waals surface area contributed by atoms with Gasteiger partial charge in [-0.3, -0.25) is 9.59 Å². The smallest absolute Gasteiger partial charge is 0.253 e. The fourth-order valence-corrected chi connectivity index (χ4v) is 3.65. The first-order valence-corrected chi connectivity index (χ1v) is 9.14. The molecule has 1 aromatic heterocycles. The van der Waals surface area contributed by atoms with Crippen LogP contribution in [-0.2, 0) is 11.3 Å². The Morgan fingerprint density at radius 2 is 2.12 bits per heavy atom. The van der Waals surface area contributed by atoms with Crippen molar-refractivity contribution >= 4 is 23.2 Å². The number of likely N-dealkylation sites (tertiary alicyclic amines) is 1. The molecule has 0 radical (unpaired) electrons. The minimum atomic E-state index is -0.370. The summed E-state index contributed by atoms with van der Waals surface area (Å²) in [5.41, 5.74) is 1.39. The number of nitrogens with zero attached hydrogens (tertiary/aromatic N) is 2. The number of aryl methyl sites for hydroxylation is 1. The van der Waals surface area contributed by atoms with E-state index < -0.39 is 0 Å². The first kappa shape index (κ1) is 17.5. The molecule has 1 atom stereocenters. The Hall–Kier alpha value is -2.28. The molecule has 2 aromatic rings. The van der Waals surface area contributed by atoms with Crippen molar-refractivity contribution in [3.8, 4) is 0 Å². The number of thiazole rings is 1. The first-order valence-electron chi connectivity index (χ1n) is 8.26. The van der Waals surface area contributed by atoms with E-state index in [4.69, 9.17) is 0 Å². The zero-order valence-corrected chi connectivity index (χ0v) is 14.8. The van der Waals surface area contributed by atoms with Crippen molar-refractivity contribution in [2.24, 2.45) is 5.92 Å². The van der Waals surface area contributed by atoms with E-state index in [-0.39, 0.29) is 23.5 Å². The molecule has 0 spiro atoms. The van der Waals surface area contributed by atoms with Crippen molar-refractivity contribution in [1.29, 1.82) is 0 Å². The van der Waals surface area contributed by atoms with Gasteiger partial charge < -0.3 is 10.2 Å². The van der Waals surface area contributed by atoms with E-state index >= 15 is 0 Å². The number of amides is 2. The molecule has 1 saturated heterocycles. The van der Waals surface area contributed by atoms with E-state index in [9.17, 15) is 14.0 Å². The van der Waals surface area contributed by atoms with Crippen molar-refractivity contribution in [3.63, 3.8) is 0 Å². The second-order valence-corrected chi connectivity index (χ2v) is 7.14. The van der Waals surface area contributed by atoms with Crippen LogP contribution in [0.1, 0.15) is 33.9 Å². The minimum absolute atomic E-state index is 0.0514. The zero-order valence-electron chi connectivity index (χ0n) is 14.0. The number of nitrogens with one attached hydrogen (secondary N) is 1. The minimum Gasteiger partial charge on any atom is -0.349 e. The van der Waals surface area contributed by atoms with Gasteiger partial charge in [0.1, 0.15) is 10.8 Å². The molecule has 25 heavy (non-hydrogen) atoms. The predicted octanol–water partition coefficient (Wildman–Crippen LogP) is 2.76. The third-order valence-electron chi connectivity index (χ3n) is 4.25. The molecule has 5 nitrogen and oxygen atoms in total. The van der Waals surface area contributed by atoms with Gasteiger partial charge in [-0.25, -0.2) is 9.37 Å². The van der Waals surface area contributed by atoms with Crippen LogP contribution < -0.4 is 5.32 Å². The number of hydrogen-bond acceptors (Lipinski definition) is 4. The molecule has 1 aromatic carbocycles. The SMILES string of the molecule is Cc1csc(CNC(=O)[C@@H]2CCCN(C(=O)c3ccc(F)cc3)C2)n1. The fraction of sp³-hybridized carbons (Fsp3) is 0.389. The monoisotopic (exact) mass is 361 g/mol. The highest BCUT2D eigenvalue weighted by molar-refractivity contribution is 7.09. The number of aromatic nitrogens is 1. The fourth-order valence-electron chi connectivity index (χ4n) is 2.94. The zero-order chi connectivity index (χ0) is 17.8. The van der Waals surface area contributed by atoms with Gasteiger partial charge in [0.05, 0.1) is 12.5 Å². The van der Waals surface area contributed by atoms with Crippen molar-refractivity contribution < 1.29 is 14.0 Å². The van der Waals surface area contributed by atoms with E-state index in [1.807, 2.05) is 12.3 Å². The Kier molecular flexibility index (Phi) is 5.43. The Morgan fingerprint density at radius 1 is 1.36 bits per heavy atom. The quantitative estimate of drug-likeness (QED) is 0.911. The number of carbonyl (C=O) groups excluding carboxylic acids is 2. The molecule has 1 aliphatic rings. The van der Waals surface area contributed by atoms with Gasteiger partial charge in [-0.15, -0.1) is 11.3 Å². The predicted molar refractivity (Wildman–Crippen MR) is 93.7 cm³/mol. The van der Waals surface area contributed by atoms with Gasteiger partial charge in [0.15, 0.2) is 0 Å². The van der Waals surface area contributed by atoms with E-state index in [1.54, 1.807) is 4.90 Å². The summed E-state index contributed by atoms with van der Waals surface area (Å²) in [4.78, 5) is 30.9. The van der Waals surface area contributed by atoms with Crippen LogP contribution in [0.3, 0.4) is 0 Å². The molecule has 132 valence electrons. The Bertz CT molecular complexity index is 760. The van der Waals surface area contributed by atoms with Crippen molar-refractivity contribution in [1.82, 2.24) is 15.2 Å². The second-order valence-electron chi connectivity index (χ2n) is 6.20. The summed E-state index contributed by atoms with van der Waals surface area (Å²) in [5.74, 6) is -0.804. The van der Waals surface area contributed by atoms with E-state index in [1.165, 1.54) is 35.6 Å². The first-order chi connectivity index (χ1) is 12.0. The summed E-state index contributed by atoms with van der Waals surface area (Å²) >= 11 is 1.52. The van der Waals surface area contributed by atoms with Gasteiger partial charge >= 0.3 is 0 Å².